The number of nitrogens with one attached hydrogen (secondary N) is 1. The van der Waals surface area contributed by atoms with Crippen molar-refractivity contribution in [1.29, 1.82) is 0 Å². The maximum absolute atomic E-state index is 10.9. The van der Waals surface area contributed by atoms with Gasteiger partial charge in [-0.1, -0.05) is 41.2 Å². The van der Waals surface area contributed by atoms with Crippen molar-refractivity contribution >= 4 is 32.4 Å². The number of benzene rings is 2. The molecule has 3 aromatic rings. The van der Waals surface area contributed by atoms with E-state index < -0.39 is 0 Å². The summed E-state index contributed by atoms with van der Waals surface area (Å²) < 4.78 is 0.851. The fourth-order valence-corrected chi connectivity index (χ4v) is 4.54. The van der Waals surface area contributed by atoms with Crippen molar-refractivity contribution in [3.63, 3.8) is 0 Å². The van der Waals surface area contributed by atoms with Crippen LogP contribution in [0.3, 0.4) is 0 Å². The molecule has 1 N–H and O–H groups in total. The summed E-state index contributed by atoms with van der Waals surface area (Å²) in [5.41, 5.74) is 3.60. The minimum absolute atomic E-state index is 0.113. The largest absolute Gasteiger partial charge is 0.359 e. The molecular formula is C20H22N4O2S. The molecule has 1 saturated heterocycles. The van der Waals surface area contributed by atoms with E-state index in [0.717, 1.165) is 47.8 Å². The topological polar surface area (TPSA) is 71.3 Å². The van der Waals surface area contributed by atoms with Crippen molar-refractivity contribution < 1.29 is 4.92 Å². The molecule has 0 radical (unpaired) electrons. The summed E-state index contributed by atoms with van der Waals surface area (Å²) in [6, 6.07) is 13.9. The Morgan fingerprint density at radius 2 is 2.07 bits per heavy atom. The summed E-state index contributed by atoms with van der Waals surface area (Å²) in [6.07, 6.45) is 2.14. The van der Waals surface area contributed by atoms with Gasteiger partial charge >= 0.3 is 0 Å². The Kier molecular flexibility index (Phi) is 5.05. The number of likely N-dealkylation sites (tertiary alicyclic amines) is 1. The number of nitrogens with zero attached hydrogens (tertiary/aromatic N) is 3. The highest BCUT2D eigenvalue weighted by Crippen LogP contribution is 2.30. The van der Waals surface area contributed by atoms with Crippen LogP contribution in [0.2, 0.25) is 0 Å². The first-order valence-corrected chi connectivity index (χ1v) is 9.98. The molecule has 4 rings (SSSR count). The summed E-state index contributed by atoms with van der Waals surface area (Å²) in [5.74, 6) is 0. The fraction of sp³-hybridized carbons (Fsp3) is 0.350. The van der Waals surface area contributed by atoms with Crippen molar-refractivity contribution in [2.45, 2.75) is 32.4 Å². The van der Waals surface area contributed by atoms with E-state index >= 15 is 0 Å². The first-order valence-electron chi connectivity index (χ1n) is 9.16. The van der Waals surface area contributed by atoms with Crippen LogP contribution in [0, 0.1) is 17.0 Å². The van der Waals surface area contributed by atoms with E-state index in [2.05, 4.69) is 46.4 Å². The minimum atomic E-state index is -0.365. The number of nitro benzene ring substituents is 1. The van der Waals surface area contributed by atoms with Gasteiger partial charge < -0.3 is 5.32 Å². The molecule has 0 spiro atoms. The summed E-state index contributed by atoms with van der Waals surface area (Å²) in [7, 11) is 0. The number of thiazole rings is 1. The van der Waals surface area contributed by atoms with Crippen molar-refractivity contribution in [2.24, 2.45) is 0 Å². The third-order valence-corrected chi connectivity index (χ3v) is 5.94. The van der Waals surface area contributed by atoms with Gasteiger partial charge in [0.25, 0.3) is 5.69 Å². The Morgan fingerprint density at radius 1 is 1.26 bits per heavy atom. The standard InChI is InChI=1S/C20H22N4O2S/c1-14-3-2-4-15(11-14)13-23-9-7-16(8-10-23)21-20-22-18-6-5-17(24(25)26)12-19(18)27-20/h2-6,11-12,16H,7-10,13H2,1H3,(H,21,22). The van der Waals surface area contributed by atoms with E-state index in [4.69, 9.17) is 0 Å². The molecule has 1 aliphatic rings. The van der Waals surface area contributed by atoms with Crippen LogP contribution in [-0.2, 0) is 6.54 Å². The molecule has 0 unspecified atom stereocenters. The van der Waals surface area contributed by atoms with Crippen molar-refractivity contribution in [3.8, 4) is 0 Å². The maximum atomic E-state index is 10.9. The fourth-order valence-electron chi connectivity index (χ4n) is 3.57. The number of fused-ring (bicyclic) bond motifs is 1. The highest BCUT2D eigenvalue weighted by atomic mass is 32.1. The van der Waals surface area contributed by atoms with Gasteiger partial charge in [0.1, 0.15) is 0 Å². The third-order valence-electron chi connectivity index (χ3n) is 4.99. The van der Waals surface area contributed by atoms with E-state index in [1.165, 1.54) is 28.5 Å². The average Bonchev–Trinajstić information content (AvgIpc) is 3.04. The monoisotopic (exact) mass is 382 g/mol. The van der Waals surface area contributed by atoms with Crippen LogP contribution in [0.1, 0.15) is 24.0 Å². The molecule has 1 fully saturated rings. The molecule has 0 atom stereocenters. The predicted octanol–water partition coefficient (Wildman–Crippen LogP) is 4.59. The summed E-state index contributed by atoms with van der Waals surface area (Å²) in [4.78, 5) is 17.6. The minimum Gasteiger partial charge on any atom is -0.359 e. The molecule has 0 aliphatic carbocycles. The summed E-state index contributed by atoms with van der Waals surface area (Å²) in [5, 5.41) is 15.3. The molecular weight excluding hydrogens is 360 g/mol. The Labute approximate surface area is 162 Å². The first kappa shape index (κ1) is 17.9. The lowest BCUT2D eigenvalue weighted by Crippen LogP contribution is -2.38. The Bertz CT molecular complexity index is 964. The van der Waals surface area contributed by atoms with Gasteiger partial charge in [0.2, 0.25) is 0 Å². The van der Waals surface area contributed by atoms with Crippen LogP contribution in [0.15, 0.2) is 42.5 Å². The zero-order valence-corrected chi connectivity index (χ0v) is 16.0. The lowest BCUT2D eigenvalue weighted by Gasteiger charge is -2.32. The Balaban J connectivity index is 1.35. The number of aromatic nitrogens is 1. The van der Waals surface area contributed by atoms with Crippen LogP contribution in [0.5, 0.6) is 0 Å². The van der Waals surface area contributed by atoms with E-state index in [1.54, 1.807) is 12.1 Å². The predicted molar refractivity (Wildman–Crippen MR) is 109 cm³/mol. The summed E-state index contributed by atoms with van der Waals surface area (Å²) >= 11 is 1.49. The lowest BCUT2D eigenvalue weighted by atomic mass is 10.0. The zero-order chi connectivity index (χ0) is 18.8. The van der Waals surface area contributed by atoms with Gasteiger partial charge in [-0.05, 0) is 31.4 Å². The van der Waals surface area contributed by atoms with Crippen LogP contribution in [0.4, 0.5) is 10.8 Å². The normalized spacial score (nSPS) is 15.9. The van der Waals surface area contributed by atoms with Gasteiger partial charge in [-0.3, -0.25) is 15.0 Å². The van der Waals surface area contributed by atoms with Gasteiger partial charge in [0.15, 0.2) is 5.13 Å². The van der Waals surface area contributed by atoms with E-state index in [-0.39, 0.29) is 10.6 Å². The van der Waals surface area contributed by atoms with Crippen LogP contribution >= 0.6 is 11.3 Å². The number of anilines is 1. The molecule has 2 heterocycles. The highest BCUT2D eigenvalue weighted by Gasteiger charge is 2.20. The van der Waals surface area contributed by atoms with Crippen LogP contribution in [0.25, 0.3) is 10.2 Å². The number of rotatable bonds is 5. The second-order valence-corrected chi connectivity index (χ2v) is 8.14. The van der Waals surface area contributed by atoms with Gasteiger partial charge in [-0.15, -0.1) is 0 Å². The number of aryl methyl sites for hydroxylation is 1. The number of nitro groups is 1. The molecule has 1 aliphatic heterocycles. The van der Waals surface area contributed by atoms with Crippen molar-refractivity contribution in [1.82, 2.24) is 9.88 Å². The van der Waals surface area contributed by atoms with Gasteiger partial charge in [-0.25, -0.2) is 4.98 Å². The van der Waals surface area contributed by atoms with E-state index in [0.29, 0.717) is 6.04 Å². The third kappa shape index (κ3) is 4.26. The molecule has 0 amide bonds. The number of piperidine rings is 1. The van der Waals surface area contributed by atoms with Gasteiger partial charge in [0.05, 0.1) is 15.1 Å². The van der Waals surface area contributed by atoms with Crippen molar-refractivity contribution in [3.05, 3.63) is 63.7 Å². The SMILES string of the molecule is Cc1cccc(CN2CCC(Nc3nc4ccc([N+](=O)[O-])cc4s3)CC2)c1. The van der Waals surface area contributed by atoms with Crippen LogP contribution < -0.4 is 5.32 Å². The number of hydrogen-bond donors (Lipinski definition) is 1. The molecule has 27 heavy (non-hydrogen) atoms. The Morgan fingerprint density at radius 3 is 2.81 bits per heavy atom. The second-order valence-electron chi connectivity index (χ2n) is 7.11. The average molecular weight is 382 g/mol. The molecule has 0 saturated carbocycles. The number of non-ortho nitro benzene ring substituents is 1. The van der Waals surface area contributed by atoms with E-state index in [1.807, 2.05) is 0 Å². The van der Waals surface area contributed by atoms with Gasteiger partial charge in [-0.2, -0.15) is 0 Å². The molecule has 140 valence electrons. The molecule has 2 aromatic carbocycles. The molecule has 0 bridgehead atoms. The van der Waals surface area contributed by atoms with Gasteiger partial charge in [0, 0.05) is 37.8 Å². The Hall–Kier alpha value is -2.51. The second kappa shape index (κ2) is 7.62. The van der Waals surface area contributed by atoms with E-state index in [9.17, 15) is 10.1 Å². The highest BCUT2D eigenvalue weighted by molar-refractivity contribution is 7.22. The maximum Gasteiger partial charge on any atom is 0.270 e. The molecule has 1 aromatic heterocycles. The molecule has 7 heteroatoms. The smallest absolute Gasteiger partial charge is 0.270 e. The first-order chi connectivity index (χ1) is 13.1. The number of hydrogen-bond acceptors (Lipinski definition) is 6. The summed E-state index contributed by atoms with van der Waals surface area (Å²) in [6.45, 7) is 5.25. The quantitative estimate of drug-likeness (QED) is 0.516. The molecule has 6 nitrogen and oxygen atoms in total. The van der Waals surface area contributed by atoms with Crippen LogP contribution in [-0.4, -0.2) is 33.9 Å². The lowest BCUT2D eigenvalue weighted by molar-refractivity contribution is -0.384. The van der Waals surface area contributed by atoms with Crippen molar-refractivity contribution in [2.75, 3.05) is 18.4 Å². The zero-order valence-electron chi connectivity index (χ0n) is 15.2.